The lowest BCUT2D eigenvalue weighted by atomic mass is 10.00. The largest absolute Gasteiger partial charge is 0.309 e. The number of para-hydroxylation sites is 4. The van der Waals surface area contributed by atoms with E-state index in [0.717, 1.165) is 61.0 Å². The van der Waals surface area contributed by atoms with Gasteiger partial charge in [0.1, 0.15) is 0 Å². The topological polar surface area (TPSA) is 62.4 Å². The van der Waals surface area contributed by atoms with Gasteiger partial charge in [-0.3, -0.25) is 0 Å². The summed E-state index contributed by atoms with van der Waals surface area (Å²) in [7, 11) is 0. The highest BCUT2D eigenvalue weighted by Crippen LogP contribution is 2.41. The molecule has 0 saturated heterocycles. The Morgan fingerprint density at radius 1 is 0.364 bits per heavy atom. The van der Waals surface area contributed by atoms with Gasteiger partial charge in [0.25, 0.3) is 0 Å². The molecule has 55 heavy (non-hydrogen) atoms. The average Bonchev–Trinajstić information content (AvgIpc) is 3.89. The van der Waals surface area contributed by atoms with Gasteiger partial charge in [0.05, 0.1) is 67.7 Å². The monoisotopic (exact) mass is 699 g/mol. The lowest BCUT2D eigenvalue weighted by Gasteiger charge is -2.16. The molecule has 0 saturated carbocycles. The maximum atomic E-state index is 10.1. The zero-order chi connectivity index (χ0) is 36.6. The molecule has 0 N–H and O–H groups in total. The molecule has 5 heteroatoms. The lowest BCUT2D eigenvalue weighted by Crippen LogP contribution is -1.99. The number of benzene rings is 8. The molecule has 0 unspecified atom stereocenters. The Balaban J connectivity index is 1.12. The molecule has 0 spiro atoms. The van der Waals surface area contributed by atoms with Gasteiger partial charge in [0.15, 0.2) is 0 Å². The van der Waals surface area contributed by atoms with E-state index in [0.29, 0.717) is 11.1 Å². The third-order valence-corrected chi connectivity index (χ3v) is 11.1. The highest BCUT2D eigenvalue weighted by atomic mass is 15.0. The fraction of sp³-hybridized carbons (Fsp3) is 0. The lowest BCUT2D eigenvalue weighted by molar-refractivity contribution is 1.16. The van der Waals surface area contributed by atoms with Crippen molar-refractivity contribution in [2.75, 3.05) is 0 Å². The number of hydrogen-bond acceptors (Lipinski definition) is 2. The van der Waals surface area contributed by atoms with E-state index >= 15 is 0 Å². The summed E-state index contributed by atoms with van der Waals surface area (Å²) < 4.78 is 6.98. The van der Waals surface area contributed by atoms with E-state index in [1.807, 2.05) is 42.5 Å². The van der Waals surface area contributed by atoms with E-state index in [1.54, 1.807) is 0 Å². The summed E-state index contributed by atoms with van der Waals surface area (Å²) in [6, 6.07) is 65.9. The van der Waals surface area contributed by atoms with Gasteiger partial charge in [0, 0.05) is 43.6 Å². The van der Waals surface area contributed by atoms with Crippen molar-refractivity contribution in [3.8, 4) is 40.3 Å². The summed E-state index contributed by atoms with van der Waals surface area (Å²) in [4.78, 5) is 0. The molecule has 0 atom stereocenters. The molecule has 0 fully saturated rings. The van der Waals surface area contributed by atoms with Gasteiger partial charge >= 0.3 is 0 Å². The quantitative estimate of drug-likeness (QED) is 0.184. The molecule has 5 nitrogen and oxygen atoms in total. The van der Waals surface area contributed by atoms with Gasteiger partial charge in [-0.1, -0.05) is 97.1 Å². The van der Waals surface area contributed by atoms with Crippen molar-refractivity contribution < 1.29 is 0 Å². The molecule has 0 amide bonds. The van der Waals surface area contributed by atoms with E-state index in [-0.39, 0.29) is 0 Å². The first kappa shape index (κ1) is 30.7. The van der Waals surface area contributed by atoms with E-state index in [1.165, 1.54) is 32.6 Å². The van der Waals surface area contributed by atoms with Crippen molar-refractivity contribution in [1.82, 2.24) is 13.7 Å². The van der Waals surface area contributed by atoms with Crippen LogP contribution >= 0.6 is 0 Å². The SMILES string of the molecule is N#Cc1ccc(-n2c3ccccc3c3c(C#N)cccc32)c(-c2ccc(-n3c4ccccc4c4c(-n5c6ccccc6c6ccccc65)cccc43)cc2)c1. The second-order valence-corrected chi connectivity index (χ2v) is 13.9. The summed E-state index contributed by atoms with van der Waals surface area (Å²) in [6.07, 6.45) is 0. The maximum Gasteiger partial charge on any atom is 0.0998 e. The Bertz CT molecular complexity index is 3400. The summed E-state index contributed by atoms with van der Waals surface area (Å²) in [5.41, 5.74) is 12.9. The van der Waals surface area contributed by atoms with Gasteiger partial charge in [-0.2, -0.15) is 10.5 Å². The maximum absolute atomic E-state index is 10.1. The van der Waals surface area contributed by atoms with Crippen LogP contribution in [0.5, 0.6) is 0 Å². The summed E-state index contributed by atoms with van der Waals surface area (Å²) in [5, 5.41) is 26.9. The number of fused-ring (bicyclic) bond motifs is 9. The second kappa shape index (κ2) is 11.8. The zero-order valence-electron chi connectivity index (χ0n) is 29.5. The van der Waals surface area contributed by atoms with Crippen molar-refractivity contribution >= 4 is 65.4 Å². The first-order valence-corrected chi connectivity index (χ1v) is 18.3. The second-order valence-electron chi connectivity index (χ2n) is 13.9. The number of aromatic nitrogens is 3. The fourth-order valence-electron chi connectivity index (χ4n) is 8.84. The average molecular weight is 700 g/mol. The van der Waals surface area contributed by atoms with Crippen LogP contribution in [0.3, 0.4) is 0 Å². The van der Waals surface area contributed by atoms with Gasteiger partial charge in [-0.25, -0.2) is 0 Å². The Morgan fingerprint density at radius 2 is 0.873 bits per heavy atom. The molecule has 254 valence electrons. The number of rotatable bonds is 4. The Labute approximate surface area is 316 Å². The minimum Gasteiger partial charge on any atom is -0.309 e. The number of nitrogens with zero attached hydrogens (tertiary/aromatic N) is 5. The Hall–Kier alpha value is -7.86. The van der Waals surface area contributed by atoms with E-state index < -0.39 is 0 Å². The summed E-state index contributed by atoms with van der Waals surface area (Å²) >= 11 is 0. The third kappa shape index (κ3) is 4.39. The smallest absolute Gasteiger partial charge is 0.0998 e. The van der Waals surface area contributed by atoms with Crippen LogP contribution in [0.4, 0.5) is 0 Å². The van der Waals surface area contributed by atoms with Gasteiger partial charge < -0.3 is 13.7 Å². The van der Waals surface area contributed by atoms with Crippen molar-refractivity contribution in [2.24, 2.45) is 0 Å². The Kier molecular flexibility index (Phi) is 6.61. The molecular formula is C50H29N5. The van der Waals surface area contributed by atoms with E-state index in [4.69, 9.17) is 0 Å². The van der Waals surface area contributed by atoms with Gasteiger partial charge in [0.2, 0.25) is 0 Å². The third-order valence-electron chi connectivity index (χ3n) is 11.1. The van der Waals surface area contributed by atoms with E-state index in [2.05, 4.69) is 159 Å². The molecule has 0 aliphatic heterocycles. The van der Waals surface area contributed by atoms with Crippen LogP contribution in [-0.4, -0.2) is 13.7 Å². The molecule has 11 rings (SSSR count). The number of hydrogen-bond donors (Lipinski definition) is 0. The highest BCUT2D eigenvalue weighted by Gasteiger charge is 2.21. The van der Waals surface area contributed by atoms with Crippen LogP contribution in [0.15, 0.2) is 176 Å². The predicted molar refractivity (Wildman–Crippen MR) is 224 cm³/mol. The van der Waals surface area contributed by atoms with Crippen LogP contribution in [0, 0.1) is 22.7 Å². The first-order chi connectivity index (χ1) is 27.2. The van der Waals surface area contributed by atoms with Crippen molar-refractivity contribution in [1.29, 1.82) is 10.5 Å². The van der Waals surface area contributed by atoms with Crippen molar-refractivity contribution in [3.05, 3.63) is 187 Å². The van der Waals surface area contributed by atoms with Gasteiger partial charge in [-0.05, 0) is 84.4 Å². The molecule has 8 aromatic carbocycles. The fourth-order valence-corrected chi connectivity index (χ4v) is 8.84. The number of nitriles is 2. The highest BCUT2D eigenvalue weighted by molar-refractivity contribution is 6.16. The molecule has 0 radical (unpaired) electrons. The van der Waals surface area contributed by atoms with Crippen LogP contribution < -0.4 is 0 Å². The zero-order valence-corrected chi connectivity index (χ0v) is 29.5. The molecule has 3 aromatic heterocycles. The minimum absolute atomic E-state index is 0.585. The summed E-state index contributed by atoms with van der Waals surface area (Å²) in [6.45, 7) is 0. The van der Waals surface area contributed by atoms with E-state index in [9.17, 15) is 10.5 Å². The molecule has 0 aliphatic rings. The normalized spacial score (nSPS) is 11.6. The molecule has 11 aromatic rings. The predicted octanol–water partition coefficient (Wildman–Crippen LogP) is 12.4. The van der Waals surface area contributed by atoms with Crippen LogP contribution in [0.25, 0.3) is 93.6 Å². The first-order valence-electron chi connectivity index (χ1n) is 18.3. The summed E-state index contributed by atoms with van der Waals surface area (Å²) in [5.74, 6) is 0. The standard InChI is InChI=1S/C50H29N5/c51-30-32-23-28-45(55-44-19-8-3-14-38(44)49-34(31-52)11-9-20-46(49)55)40(29-32)33-24-26-35(27-25-33)53-43-18-7-4-15-39(43)50-47(53)21-10-22-48(50)54-41-16-5-1-12-36(41)37-13-2-6-17-42(37)54/h1-29H. The molecule has 3 heterocycles. The molecule has 0 bridgehead atoms. The Morgan fingerprint density at radius 3 is 1.51 bits per heavy atom. The van der Waals surface area contributed by atoms with Crippen LogP contribution in [-0.2, 0) is 0 Å². The van der Waals surface area contributed by atoms with Crippen molar-refractivity contribution in [2.45, 2.75) is 0 Å². The minimum atomic E-state index is 0.585. The van der Waals surface area contributed by atoms with Gasteiger partial charge in [-0.15, -0.1) is 0 Å². The van der Waals surface area contributed by atoms with Crippen LogP contribution in [0.2, 0.25) is 0 Å². The van der Waals surface area contributed by atoms with Crippen LogP contribution in [0.1, 0.15) is 11.1 Å². The molecular weight excluding hydrogens is 671 g/mol. The molecule has 0 aliphatic carbocycles. The van der Waals surface area contributed by atoms with Crippen molar-refractivity contribution in [3.63, 3.8) is 0 Å².